The molecule has 0 bridgehead atoms. The minimum absolute atomic E-state index is 0. The maximum Gasteiger partial charge on any atom is 0.254 e. The van der Waals surface area contributed by atoms with Gasteiger partial charge in [0, 0.05) is 28.3 Å². The quantitative estimate of drug-likeness (QED) is 0.784. The van der Waals surface area contributed by atoms with E-state index in [1.165, 1.54) is 0 Å². The summed E-state index contributed by atoms with van der Waals surface area (Å²) >= 11 is 2.24. The molecule has 0 aromatic heterocycles. The van der Waals surface area contributed by atoms with Gasteiger partial charge in [0.25, 0.3) is 5.91 Å². The smallest absolute Gasteiger partial charge is 0.254 e. The van der Waals surface area contributed by atoms with Gasteiger partial charge < -0.3 is 10.6 Å². The molecule has 2 N–H and O–H groups in total. The molecule has 1 amide bonds. The van der Waals surface area contributed by atoms with Crippen LogP contribution in [0.4, 0.5) is 0 Å². The van der Waals surface area contributed by atoms with E-state index < -0.39 is 0 Å². The number of benzene rings is 1. The Morgan fingerprint density at radius 3 is 2.63 bits per heavy atom. The first-order valence-corrected chi connectivity index (χ1v) is 7.46. The highest BCUT2D eigenvalue weighted by Gasteiger charge is 2.29. The average molecular weight is 395 g/mol. The molecule has 5 heteroatoms. The Balaban J connectivity index is 0.00000180. The Kier molecular flexibility index (Phi) is 6.56. The minimum Gasteiger partial charge on any atom is -0.334 e. The van der Waals surface area contributed by atoms with Crippen molar-refractivity contribution in [2.45, 2.75) is 25.8 Å². The number of carbonyl (C=O) groups is 1. The standard InChI is InChI=1S/C14H19IN2O.ClH/c1-10-6-7-17(13(8-10)9-16)14(18)11-2-4-12(15)5-3-11;/h2-5,10,13H,6-9,16H2,1H3;1H. The second-order valence-corrected chi connectivity index (χ2v) is 6.27. The van der Waals surface area contributed by atoms with Crippen LogP contribution in [-0.4, -0.2) is 29.9 Å². The van der Waals surface area contributed by atoms with Crippen LogP contribution in [0.3, 0.4) is 0 Å². The number of piperidine rings is 1. The van der Waals surface area contributed by atoms with Gasteiger partial charge in [-0.1, -0.05) is 6.92 Å². The van der Waals surface area contributed by atoms with Crippen molar-refractivity contribution < 1.29 is 4.79 Å². The van der Waals surface area contributed by atoms with Crippen LogP contribution >= 0.6 is 35.0 Å². The van der Waals surface area contributed by atoms with Crippen molar-refractivity contribution in [2.24, 2.45) is 11.7 Å². The molecule has 1 aromatic rings. The number of nitrogens with zero attached hydrogens (tertiary/aromatic N) is 1. The molecular formula is C14H20ClIN2O. The monoisotopic (exact) mass is 394 g/mol. The topological polar surface area (TPSA) is 46.3 Å². The molecule has 1 aliphatic rings. The molecule has 19 heavy (non-hydrogen) atoms. The first kappa shape index (κ1) is 16.7. The number of hydrogen-bond acceptors (Lipinski definition) is 2. The molecule has 2 unspecified atom stereocenters. The molecule has 3 nitrogen and oxygen atoms in total. The van der Waals surface area contributed by atoms with Crippen LogP contribution in [0.15, 0.2) is 24.3 Å². The second-order valence-electron chi connectivity index (χ2n) is 5.02. The molecule has 0 spiro atoms. The zero-order chi connectivity index (χ0) is 13.1. The van der Waals surface area contributed by atoms with Gasteiger partial charge in [-0.05, 0) is 65.6 Å². The molecule has 0 aliphatic carbocycles. The van der Waals surface area contributed by atoms with Crippen molar-refractivity contribution in [2.75, 3.05) is 13.1 Å². The Labute approximate surface area is 134 Å². The van der Waals surface area contributed by atoms with Gasteiger partial charge in [-0.3, -0.25) is 4.79 Å². The van der Waals surface area contributed by atoms with Crippen LogP contribution < -0.4 is 5.73 Å². The first-order chi connectivity index (χ1) is 8.61. The molecule has 2 atom stereocenters. The summed E-state index contributed by atoms with van der Waals surface area (Å²) < 4.78 is 1.15. The summed E-state index contributed by atoms with van der Waals surface area (Å²) in [5.74, 6) is 0.785. The highest BCUT2D eigenvalue weighted by atomic mass is 127. The van der Waals surface area contributed by atoms with E-state index in [1.54, 1.807) is 0 Å². The molecule has 0 saturated carbocycles. The molecular weight excluding hydrogens is 375 g/mol. The zero-order valence-corrected chi connectivity index (χ0v) is 14.0. The van der Waals surface area contributed by atoms with Gasteiger partial charge in [0.05, 0.1) is 0 Å². The van der Waals surface area contributed by atoms with Crippen molar-refractivity contribution in [3.63, 3.8) is 0 Å². The Morgan fingerprint density at radius 1 is 1.42 bits per heavy atom. The highest BCUT2D eigenvalue weighted by molar-refractivity contribution is 14.1. The number of halogens is 2. The van der Waals surface area contributed by atoms with Gasteiger partial charge in [-0.25, -0.2) is 0 Å². The van der Waals surface area contributed by atoms with Crippen LogP contribution in [0, 0.1) is 9.49 Å². The summed E-state index contributed by atoms with van der Waals surface area (Å²) in [4.78, 5) is 14.4. The predicted octanol–water partition coefficient (Wildman–Crippen LogP) is 2.91. The third-order valence-corrected chi connectivity index (χ3v) is 4.32. The lowest BCUT2D eigenvalue weighted by molar-refractivity contribution is 0.0573. The number of amides is 1. The second kappa shape index (κ2) is 7.45. The number of likely N-dealkylation sites (tertiary alicyclic amines) is 1. The van der Waals surface area contributed by atoms with E-state index in [-0.39, 0.29) is 24.4 Å². The van der Waals surface area contributed by atoms with Gasteiger partial charge in [0.15, 0.2) is 0 Å². The fourth-order valence-electron chi connectivity index (χ4n) is 2.50. The van der Waals surface area contributed by atoms with Crippen LogP contribution in [0.2, 0.25) is 0 Å². The molecule has 2 rings (SSSR count). The van der Waals surface area contributed by atoms with E-state index in [0.29, 0.717) is 12.5 Å². The number of rotatable bonds is 2. The van der Waals surface area contributed by atoms with Crippen LogP contribution in [-0.2, 0) is 0 Å². The Bertz CT molecular complexity index is 424. The predicted molar refractivity (Wildman–Crippen MR) is 88.7 cm³/mol. The normalized spacial score (nSPS) is 22.8. The highest BCUT2D eigenvalue weighted by Crippen LogP contribution is 2.23. The van der Waals surface area contributed by atoms with Gasteiger partial charge in [0.1, 0.15) is 0 Å². The molecule has 1 fully saturated rings. The summed E-state index contributed by atoms with van der Waals surface area (Å²) in [6.07, 6.45) is 2.10. The van der Waals surface area contributed by atoms with Crippen molar-refractivity contribution >= 4 is 40.9 Å². The van der Waals surface area contributed by atoms with E-state index in [2.05, 4.69) is 29.5 Å². The van der Waals surface area contributed by atoms with E-state index >= 15 is 0 Å². The lowest BCUT2D eigenvalue weighted by Crippen LogP contribution is -2.49. The molecule has 1 heterocycles. The fourth-order valence-corrected chi connectivity index (χ4v) is 2.86. The molecule has 106 valence electrons. The zero-order valence-electron chi connectivity index (χ0n) is 11.0. The van der Waals surface area contributed by atoms with E-state index in [1.807, 2.05) is 29.2 Å². The number of nitrogens with two attached hydrogens (primary N) is 1. The average Bonchev–Trinajstić information content (AvgIpc) is 2.38. The van der Waals surface area contributed by atoms with E-state index in [9.17, 15) is 4.79 Å². The third-order valence-electron chi connectivity index (χ3n) is 3.60. The Hall–Kier alpha value is -0.330. The van der Waals surface area contributed by atoms with Gasteiger partial charge in [0.2, 0.25) is 0 Å². The van der Waals surface area contributed by atoms with Crippen molar-refractivity contribution in [1.29, 1.82) is 0 Å². The first-order valence-electron chi connectivity index (χ1n) is 6.38. The lowest BCUT2D eigenvalue weighted by atomic mass is 9.92. The molecule has 1 aliphatic heterocycles. The molecule has 0 radical (unpaired) electrons. The third kappa shape index (κ3) is 4.07. The minimum atomic E-state index is 0. The number of carbonyl (C=O) groups excluding carboxylic acids is 1. The van der Waals surface area contributed by atoms with E-state index in [0.717, 1.165) is 28.5 Å². The summed E-state index contributed by atoms with van der Waals surface area (Å²) in [6, 6.07) is 7.93. The maximum absolute atomic E-state index is 12.5. The summed E-state index contributed by atoms with van der Waals surface area (Å²) in [6.45, 7) is 3.61. The van der Waals surface area contributed by atoms with Crippen LogP contribution in [0.5, 0.6) is 0 Å². The largest absolute Gasteiger partial charge is 0.334 e. The van der Waals surface area contributed by atoms with Crippen molar-refractivity contribution in [3.05, 3.63) is 33.4 Å². The van der Waals surface area contributed by atoms with Gasteiger partial charge in [-0.15, -0.1) is 12.4 Å². The van der Waals surface area contributed by atoms with Gasteiger partial charge >= 0.3 is 0 Å². The molecule has 1 aromatic carbocycles. The summed E-state index contributed by atoms with van der Waals surface area (Å²) in [7, 11) is 0. The summed E-state index contributed by atoms with van der Waals surface area (Å²) in [5.41, 5.74) is 6.57. The van der Waals surface area contributed by atoms with Crippen molar-refractivity contribution in [3.8, 4) is 0 Å². The Morgan fingerprint density at radius 2 is 2.05 bits per heavy atom. The van der Waals surface area contributed by atoms with Gasteiger partial charge in [-0.2, -0.15) is 0 Å². The number of hydrogen-bond donors (Lipinski definition) is 1. The summed E-state index contributed by atoms with van der Waals surface area (Å²) in [5, 5.41) is 0. The van der Waals surface area contributed by atoms with Crippen LogP contribution in [0.25, 0.3) is 0 Å². The fraction of sp³-hybridized carbons (Fsp3) is 0.500. The molecule has 1 saturated heterocycles. The lowest BCUT2D eigenvalue weighted by Gasteiger charge is -2.38. The van der Waals surface area contributed by atoms with Crippen LogP contribution in [0.1, 0.15) is 30.1 Å². The maximum atomic E-state index is 12.5. The van der Waals surface area contributed by atoms with E-state index in [4.69, 9.17) is 5.73 Å². The SMILES string of the molecule is CC1CCN(C(=O)c2ccc(I)cc2)C(CN)C1.Cl. The van der Waals surface area contributed by atoms with Crippen molar-refractivity contribution in [1.82, 2.24) is 4.90 Å².